The van der Waals surface area contributed by atoms with Gasteiger partial charge in [0.15, 0.2) is 0 Å². The SMILES string of the molecule is O=C(O[SiH3])c1ccc2cccccc1-2. The topological polar surface area (TPSA) is 26.3 Å². The Morgan fingerprint density at radius 2 is 1.86 bits per heavy atom. The molecular formula is C11H10O2Si. The van der Waals surface area contributed by atoms with E-state index in [1.807, 2.05) is 42.5 Å². The minimum atomic E-state index is -0.224. The standard InChI is InChI=1S/C11H10O2Si/c12-11(13-14)10-7-6-8-4-2-1-3-5-9(8)10/h1-7H,14H3. The largest absolute Gasteiger partial charge is 0.525 e. The third kappa shape index (κ3) is 1.42. The molecule has 14 heavy (non-hydrogen) atoms. The normalized spacial score (nSPS) is 10.3. The summed E-state index contributed by atoms with van der Waals surface area (Å²) in [5, 5.41) is 0. The predicted molar refractivity (Wildman–Crippen MR) is 58.4 cm³/mol. The van der Waals surface area contributed by atoms with Crippen molar-refractivity contribution in [2.75, 3.05) is 0 Å². The molecule has 0 aliphatic heterocycles. The zero-order valence-corrected chi connectivity index (χ0v) is 9.86. The van der Waals surface area contributed by atoms with Crippen LogP contribution in [0.15, 0.2) is 42.5 Å². The molecule has 0 spiro atoms. The number of rotatable bonds is 1. The molecule has 0 atom stereocenters. The van der Waals surface area contributed by atoms with Gasteiger partial charge < -0.3 is 4.43 Å². The van der Waals surface area contributed by atoms with E-state index in [-0.39, 0.29) is 5.97 Å². The van der Waals surface area contributed by atoms with E-state index in [4.69, 9.17) is 4.43 Å². The van der Waals surface area contributed by atoms with Gasteiger partial charge in [-0.25, -0.2) is 4.79 Å². The lowest BCUT2D eigenvalue weighted by Crippen LogP contribution is -2.01. The first kappa shape index (κ1) is 8.96. The van der Waals surface area contributed by atoms with Gasteiger partial charge in [0.2, 0.25) is 10.5 Å². The summed E-state index contributed by atoms with van der Waals surface area (Å²) in [4.78, 5) is 11.4. The molecule has 2 aliphatic rings. The second-order valence-electron chi connectivity index (χ2n) is 3.02. The number of carbonyl (C=O) groups is 1. The van der Waals surface area contributed by atoms with Crippen LogP contribution in [-0.2, 0) is 4.43 Å². The fourth-order valence-corrected chi connectivity index (χ4v) is 1.72. The number of carbonyl (C=O) groups excluding carboxylic acids is 1. The van der Waals surface area contributed by atoms with Crippen LogP contribution in [-0.4, -0.2) is 16.5 Å². The first-order valence-corrected chi connectivity index (χ1v) is 5.20. The van der Waals surface area contributed by atoms with Gasteiger partial charge in [0.1, 0.15) is 0 Å². The van der Waals surface area contributed by atoms with Crippen molar-refractivity contribution in [1.29, 1.82) is 0 Å². The van der Waals surface area contributed by atoms with E-state index in [2.05, 4.69) is 0 Å². The smallest absolute Gasteiger partial charge is 0.324 e. The number of fused-ring (bicyclic) bond motifs is 1. The quantitative estimate of drug-likeness (QED) is 0.650. The van der Waals surface area contributed by atoms with Crippen LogP contribution in [0, 0.1) is 0 Å². The van der Waals surface area contributed by atoms with E-state index >= 15 is 0 Å². The van der Waals surface area contributed by atoms with Crippen molar-refractivity contribution in [2.45, 2.75) is 0 Å². The fourth-order valence-electron chi connectivity index (χ4n) is 1.50. The molecule has 2 rings (SSSR count). The first-order chi connectivity index (χ1) is 6.83. The van der Waals surface area contributed by atoms with E-state index in [9.17, 15) is 4.79 Å². The minimum Gasteiger partial charge on any atom is -0.525 e. The zero-order chi connectivity index (χ0) is 9.97. The van der Waals surface area contributed by atoms with E-state index in [0.29, 0.717) is 16.0 Å². The van der Waals surface area contributed by atoms with Gasteiger partial charge in [-0.3, -0.25) is 0 Å². The van der Waals surface area contributed by atoms with Crippen molar-refractivity contribution in [3.05, 3.63) is 48.0 Å². The number of hydrogen-bond acceptors (Lipinski definition) is 2. The van der Waals surface area contributed by atoms with Crippen LogP contribution in [0.2, 0.25) is 0 Å². The minimum absolute atomic E-state index is 0.224. The molecule has 0 amide bonds. The van der Waals surface area contributed by atoms with Crippen molar-refractivity contribution >= 4 is 16.5 Å². The zero-order valence-electron chi connectivity index (χ0n) is 7.86. The van der Waals surface area contributed by atoms with Gasteiger partial charge in [-0.1, -0.05) is 36.4 Å². The maximum Gasteiger partial charge on any atom is 0.324 e. The van der Waals surface area contributed by atoms with Crippen LogP contribution in [0.4, 0.5) is 0 Å². The Morgan fingerprint density at radius 3 is 2.64 bits per heavy atom. The molecule has 0 fully saturated rings. The first-order valence-electron chi connectivity index (χ1n) is 4.39. The molecule has 0 saturated carbocycles. The van der Waals surface area contributed by atoms with E-state index in [0.717, 1.165) is 11.1 Å². The van der Waals surface area contributed by atoms with Gasteiger partial charge in [0, 0.05) is 0 Å². The molecule has 0 aromatic carbocycles. The predicted octanol–water partition coefficient (Wildman–Crippen LogP) is 1.23. The highest BCUT2D eigenvalue weighted by Crippen LogP contribution is 2.26. The maximum absolute atomic E-state index is 11.4. The molecule has 0 heterocycles. The lowest BCUT2D eigenvalue weighted by atomic mass is 10.1. The van der Waals surface area contributed by atoms with Gasteiger partial charge in [-0.2, -0.15) is 0 Å². The molecule has 0 unspecified atom stereocenters. The molecule has 0 saturated heterocycles. The summed E-state index contributed by atoms with van der Waals surface area (Å²) in [6.45, 7) is 0. The molecule has 2 nitrogen and oxygen atoms in total. The summed E-state index contributed by atoms with van der Waals surface area (Å²) < 4.78 is 4.83. The summed E-state index contributed by atoms with van der Waals surface area (Å²) in [6.07, 6.45) is 0. The summed E-state index contributed by atoms with van der Waals surface area (Å²) in [7, 11) is 0.437. The second kappa shape index (κ2) is 3.63. The Bertz CT molecular complexity index is 439. The van der Waals surface area contributed by atoms with Crippen LogP contribution in [0.5, 0.6) is 0 Å². The Kier molecular flexibility index (Phi) is 2.33. The molecule has 2 aliphatic carbocycles. The molecule has 0 bridgehead atoms. The van der Waals surface area contributed by atoms with Crippen molar-refractivity contribution in [2.24, 2.45) is 0 Å². The van der Waals surface area contributed by atoms with Crippen LogP contribution in [0.25, 0.3) is 11.1 Å². The molecule has 0 aromatic heterocycles. The van der Waals surface area contributed by atoms with Crippen molar-refractivity contribution < 1.29 is 9.22 Å². The molecule has 70 valence electrons. The molecule has 3 heteroatoms. The summed E-state index contributed by atoms with van der Waals surface area (Å²) in [5.74, 6) is -0.224. The van der Waals surface area contributed by atoms with Crippen LogP contribution in [0.3, 0.4) is 0 Å². The van der Waals surface area contributed by atoms with E-state index in [1.165, 1.54) is 0 Å². The van der Waals surface area contributed by atoms with Gasteiger partial charge in [0.25, 0.3) is 0 Å². The molecule has 0 N–H and O–H groups in total. The van der Waals surface area contributed by atoms with Crippen molar-refractivity contribution in [3.8, 4) is 11.1 Å². The molecule has 0 radical (unpaired) electrons. The highest BCUT2D eigenvalue weighted by Gasteiger charge is 2.13. The van der Waals surface area contributed by atoms with E-state index in [1.54, 1.807) is 0 Å². The highest BCUT2D eigenvalue weighted by molar-refractivity contribution is 6.11. The average Bonchev–Trinajstić information content (AvgIpc) is 2.46. The van der Waals surface area contributed by atoms with Gasteiger partial charge >= 0.3 is 5.97 Å². The van der Waals surface area contributed by atoms with Crippen molar-refractivity contribution in [3.63, 3.8) is 0 Å². The Labute approximate surface area is 85.4 Å². The monoisotopic (exact) mass is 202 g/mol. The summed E-state index contributed by atoms with van der Waals surface area (Å²) in [5.41, 5.74) is 2.68. The Morgan fingerprint density at radius 1 is 1.07 bits per heavy atom. The number of hydrogen-bond donors (Lipinski definition) is 0. The summed E-state index contributed by atoms with van der Waals surface area (Å²) >= 11 is 0. The highest BCUT2D eigenvalue weighted by atomic mass is 28.2. The summed E-state index contributed by atoms with van der Waals surface area (Å²) in [6, 6.07) is 13.5. The van der Waals surface area contributed by atoms with E-state index < -0.39 is 0 Å². The maximum atomic E-state index is 11.4. The van der Waals surface area contributed by atoms with Gasteiger partial charge in [-0.05, 0) is 17.2 Å². The molecular weight excluding hydrogens is 192 g/mol. The lowest BCUT2D eigenvalue weighted by molar-refractivity contribution is 0.0751. The third-order valence-electron chi connectivity index (χ3n) is 2.20. The van der Waals surface area contributed by atoms with Gasteiger partial charge in [-0.15, -0.1) is 0 Å². The third-order valence-corrected chi connectivity index (χ3v) is 2.57. The Hall–Kier alpha value is -1.61. The molecule has 0 aromatic rings. The Balaban J connectivity index is 2.58. The van der Waals surface area contributed by atoms with Crippen LogP contribution >= 0.6 is 0 Å². The average molecular weight is 202 g/mol. The van der Waals surface area contributed by atoms with Crippen LogP contribution < -0.4 is 0 Å². The second-order valence-corrected chi connectivity index (χ2v) is 3.43. The van der Waals surface area contributed by atoms with Gasteiger partial charge in [0.05, 0.1) is 5.56 Å². The van der Waals surface area contributed by atoms with Crippen LogP contribution in [0.1, 0.15) is 10.4 Å². The fraction of sp³-hybridized carbons (Fsp3) is 0. The lowest BCUT2D eigenvalue weighted by Gasteiger charge is -1.99. The van der Waals surface area contributed by atoms with Crippen molar-refractivity contribution in [1.82, 2.24) is 0 Å².